The fraction of sp³-hybridized carbons (Fsp3) is 0.462. The minimum atomic E-state index is -0.00120. The Bertz CT molecular complexity index is 453. The van der Waals surface area contributed by atoms with Gasteiger partial charge >= 0.3 is 0 Å². The molecule has 0 spiro atoms. The van der Waals surface area contributed by atoms with E-state index in [0.717, 1.165) is 15.8 Å². The maximum atomic E-state index is 12.2. The highest BCUT2D eigenvalue weighted by atomic mass is 79.9. The number of halogens is 1. The highest BCUT2D eigenvalue weighted by Gasteiger charge is 2.23. The van der Waals surface area contributed by atoms with Crippen LogP contribution in [0.5, 0.6) is 5.75 Å². The van der Waals surface area contributed by atoms with Crippen molar-refractivity contribution < 1.29 is 9.53 Å². The molecule has 0 radical (unpaired) electrons. The Kier molecular flexibility index (Phi) is 4.56. The first kappa shape index (κ1) is 13.7. The summed E-state index contributed by atoms with van der Waals surface area (Å²) in [4.78, 5) is 14.1. The van der Waals surface area contributed by atoms with Gasteiger partial charge in [-0.2, -0.15) is 11.8 Å². The van der Waals surface area contributed by atoms with Gasteiger partial charge in [-0.25, -0.2) is 0 Å². The van der Waals surface area contributed by atoms with Crippen LogP contribution < -0.4 is 4.74 Å². The Morgan fingerprint density at radius 3 is 3.06 bits per heavy atom. The fourth-order valence-electron chi connectivity index (χ4n) is 1.91. The van der Waals surface area contributed by atoms with E-state index < -0.39 is 0 Å². The molecule has 1 amide bonds. The van der Waals surface area contributed by atoms with Crippen LogP contribution in [0.1, 0.15) is 12.5 Å². The van der Waals surface area contributed by atoms with Crippen LogP contribution >= 0.6 is 27.7 Å². The van der Waals surface area contributed by atoms with Crippen molar-refractivity contribution in [2.45, 2.75) is 18.7 Å². The maximum Gasteiger partial charge on any atom is 0.235 e. The number of hydrogen-bond acceptors (Lipinski definition) is 3. The molecule has 1 aliphatic rings. The van der Waals surface area contributed by atoms with Gasteiger partial charge in [-0.1, -0.05) is 15.9 Å². The summed E-state index contributed by atoms with van der Waals surface area (Å²) in [7, 11) is 0. The van der Waals surface area contributed by atoms with Gasteiger partial charge < -0.3 is 9.64 Å². The van der Waals surface area contributed by atoms with Crippen molar-refractivity contribution in [2.24, 2.45) is 0 Å². The van der Waals surface area contributed by atoms with Crippen molar-refractivity contribution in [3.63, 3.8) is 0 Å². The van der Waals surface area contributed by atoms with Gasteiger partial charge in [0.05, 0.1) is 11.8 Å². The second-order valence-electron chi connectivity index (χ2n) is 4.24. The molecule has 5 heteroatoms. The molecule has 0 aromatic heterocycles. The summed E-state index contributed by atoms with van der Waals surface area (Å²) in [5.41, 5.74) is 1.06. The summed E-state index contributed by atoms with van der Waals surface area (Å²) in [6.07, 6.45) is 1.96. The number of fused-ring (bicyclic) bond motifs is 1. The van der Waals surface area contributed by atoms with Crippen molar-refractivity contribution in [3.8, 4) is 5.75 Å². The van der Waals surface area contributed by atoms with E-state index in [1.165, 1.54) is 0 Å². The lowest BCUT2D eigenvalue weighted by atomic mass is 10.2. The van der Waals surface area contributed by atoms with E-state index in [-0.39, 0.29) is 11.2 Å². The summed E-state index contributed by atoms with van der Waals surface area (Å²) in [5, 5.41) is -0.00120. The van der Waals surface area contributed by atoms with Crippen LogP contribution in [0.4, 0.5) is 0 Å². The number of rotatable bonds is 2. The number of benzene rings is 1. The SMILES string of the molecule is CSC(C)C(=O)N1CCOc2ccc(Br)cc2C1. The Morgan fingerprint density at radius 2 is 2.33 bits per heavy atom. The first-order chi connectivity index (χ1) is 8.61. The van der Waals surface area contributed by atoms with Crippen molar-refractivity contribution in [3.05, 3.63) is 28.2 Å². The van der Waals surface area contributed by atoms with Crippen LogP contribution in [0.2, 0.25) is 0 Å². The van der Waals surface area contributed by atoms with E-state index in [4.69, 9.17) is 4.74 Å². The third-order valence-electron chi connectivity index (χ3n) is 3.02. The average molecular weight is 330 g/mol. The van der Waals surface area contributed by atoms with Crippen molar-refractivity contribution in [2.75, 3.05) is 19.4 Å². The third-order valence-corrected chi connectivity index (χ3v) is 4.42. The number of carbonyl (C=O) groups excluding carboxylic acids is 1. The molecule has 1 aromatic carbocycles. The van der Waals surface area contributed by atoms with Crippen molar-refractivity contribution in [1.82, 2.24) is 4.90 Å². The van der Waals surface area contributed by atoms with Crippen molar-refractivity contribution >= 4 is 33.6 Å². The lowest BCUT2D eigenvalue weighted by molar-refractivity contribution is -0.131. The predicted octanol–water partition coefficient (Wildman–Crippen LogP) is 2.92. The van der Waals surface area contributed by atoms with Crippen LogP contribution in [-0.2, 0) is 11.3 Å². The molecule has 98 valence electrons. The molecule has 1 unspecified atom stereocenters. The number of nitrogens with zero attached hydrogens (tertiary/aromatic N) is 1. The van der Waals surface area contributed by atoms with Gasteiger partial charge in [0, 0.05) is 16.6 Å². The maximum absolute atomic E-state index is 12.2. The van der Waals surface area contributed by atoms with Crippen LogP contribution in [0.3, 0.4) is 0 Å². The quantitative estimate of drug-likeness (QED) is 0.835. The first-order valence-corrected chi connectivity index (χ1v) is 7.92. The van der Waals surface area contributed by atoms with E-state index in [0.29, 0.717) is 19.7 Å². The largest absolute Gasteiger partial charge is 0.491 e. The number of amides is 1. The van der Waals surface area contributed by atoms with Crippen LogP contribution in [-0.4, -0.2) is 35.5 Å². The summed E-state index contributed by atoms with van der Waals surface area (Å²) in [5.74, 6) is 1.06. The molecule has 18 heavy (non-hydrogen) atoms. The summed E-state index contributed by atoms with van der Waals surface area (Å²) < 4.78 is 6.69. The third kappa shape index (κ3) is 3.01. The van der Waals surface area contributed by atoms with Crippen LogP contribution in [0, 0.1) is 0 Å². The lowest BCUT2D eigenvalue weighted by Gasteiger charge is -2.22. The first-order valence-electron chi connectivity index (χ1n) is 5.84. The topological polar surface area (TPSA) is 29.5 Å². The Morgan fingerprint density at radius 1 is 1.56 bits per heavy atom. The van der Waals surface area contributed by atoms with E-state index in [9.17, 15) is 4.79 Å². The van der Waals surface area contributed by atoms with Gasteiger partial charge in [0.2, 0.25) is 5.91 Å². The molecule has 3 nitrogen and oxygen atoms in total. The molecule has 0 saturated carbocycles. The number of carbonyl (C=O) groups is 1. The Labute approximate surface area is 120 Å². The van der Waals surface area contributed by atoms with Crippen LogP contribution in [0.15, 0.2) is 22.7 Å². The zero-order valence-corrected chi connectivity index (χ0v) is 12.9. The number of thioether (sulfide) groups is 1. The molecule has 1 aliphatic heterocycles. The molecular weight excluding hydrogens is 314 g/mol. The second kappa shape index (κ2) is 5.97. The Hall–Kier alpha value is -0.680. The molecule has 0 aliphatic carbocycles. The molecular formula is C13H16BrNO2S. The molecule has 0 bridgehead atoms. The molecule has 1 aromatic rings. The molecule has 1 heterocycles. The number of hydrogen-bond donors (Lipinski definition) is 0. The standard InChI is InChI=1S/C13H16BrNO2S/c1-9(18-2)13(16)15-5-6-17-12-4-3-11(14)7-10(12)8-15/h3-4,7,9H,5-6,8H2,1-2H3. The molecule has 1 atom stereocenters. The molecule has 0 N–H and O–H groups in total. The van der Waals surface area contributed by atoms with Gasteiger partial charge in [-0.05, 0) is 31.4 Å². The highest BCUT2D eigenvalue weighted by Crippen LogP contribution is 2.27. The average Bonchev–Trinajstić information content (AvgIpc) is 2.58. The smallest absolute Gasteiger partial charge is 0.235 e. The fourth-order valence-corrected chi connectivity index (χ4v) is 2.67. The van der Waals surface area contributed by atoms with Crippen molar-refractivity contribution in [1.29, 1.82) is 0 Å². The van der Waals surface area contributed by atoms with E-state index in [1.54, 1.807) is 11.8 Å². The Balaban J connectivity index is 2.20. The van der Waals surface area contributed by atoms with Crippen LogP contribution in [0.25, 0.3) is 0 Å². The molecule has 0 saturated heterocycles. The normalized spacial score (nSPS) is 16.5. The summed E-state index contributed by atoms with van der Waals surface area (Å²) in [6, 6.07) is 5.93. The predicted molar refractivity (Wildman–Crippen MR) is 78.0 cm³/mol. The van der Waals surface area contributed by atoms with Gasteiger partial charge in [0.25, 0.3) is 0 Å². The molecule has 2 rings (SSSR count). The minimum Gasteiger partial charge on any atom is -0.491 e. The van der Waals surface area contributed by atoms with Gasteiger partial charge in [0.15, 0.2) is 0 Å². The van der Waals surface area contributed by atoms with Gasteiger partial charge in [0.1, 0.15) is 12.4 Å². The summed E-state index contributed by atoms with van der Waals surface area (Å²) >= 11 is 5.03. The van der Waals surface area contributed by atoms with E-state index in [2.05, 4.69) is 15.9 Å². The second-order valence-corrected chi connectivity index (χ2v) is 6.33. The molecule has 0 fully saturated rings. The van der Waals surface area contributed by atoms with E-state index in [1.807, 2.05) is 36.3 Å². The zero-order chi connectivity index (χ0) is 13.1. The monoisotopic (exact) mass is 329 g/mol. The van der Waals surface area contributed by atoms with E-state index >= 15 is 0 Å². The number of ether oxygens (including phenoxy) is 1. The van der Waals surface area contributed by atoms with Gasteiger partial charge in [-0.3, -0.25) is 4.79 Å². The highest BCUT2D eigenvalue weighted by molar-refractivity contribution is 9.10. The summed E-state index contributed by atoms with van der Waals surface area (Å²) in [6.45, 7) is 3.77. The lowest BCUT2D eigenvalue weighted by Crippen LogP contribution is -2.37. The minimum absolute atomic E-state index is 0.00120. The zero-order valence-electron chi connectivity index (χ0n) is 10.5. The van der Waals surface area contributed by atoms with Gasteiger partial charge in [-0.15, -0.1) is 0 Å².